The predicted octanol–water partition coefficient (Wildman–Crippen LogP) is 0.227. The van der Waals surface area contributed by atoms with Crippen LogP contribution in [0.25, 0.3) is 0 Å². The second-order valence-electron chi connectivity index (χ2n) is 4.02. The summed E-state index contributed by atoms with van der Waals surface area (Å²) in [6, 6.07) is 6.22. The lowest BCUT2D eigenvalue weighted by Gasteiger charge is -2.17. The van der Waals surface area contributed by atoms with Crippen LogP contribution in [0.3, 0.4) is 0 Å². The topological polar surface area (TPSA) is 78.9 Å². The molecule has 2 amide bonds. The maximum atomic E-state index is 12.0. The average Bonchev–Trinajstić information content (AvgIpc) is 2.38. The van der Waals surface area contributed by atoms with Crippen molar-refractivity contribution in [2.45, 2.75) is 0 Å². The van der Waals surface area contributed by atoms with Gasteiger partial charge in [-0.25, -0.2) is 0 Å². The molecule has 2 N–H and O–H groups in total. The molecular formula is C13H18N2O4. The zero-order chi connectivity index (χ0) is 14.3. The molecule has 1 aromatic carbocycles. The normalized spacial score (nSPS) is 10.0. The number of amides is 2. The van der Waals surface area contributed by atoms with E-state index in [1.807, 2.05) is 0 Å². The summed E-state index contributed by atoms with van der Waals surface area (Å²) in [6.07, 6.45) is 0. The molecule has 0 aliphatic heterocycles. The Morgan fingerprint density at radius 2 is 2.05 bits per heavy atom. The van der Waals surface area contributed by atoms with Crippen molar-refractivity contribution in [1.82, 2.24) is 10.2 Å². The number of carbonyl (C=O) groups excluding carboxylic acids is 2. The molecule has 0 radical (unpaired) electrons. The summed E-state index contributed by atoms with van der Waals surface area (Å²) in [5, 5.41) is 12.2. The fraction of sp³-hybridized carbons (Fsp3) is 0.385. The lowest BCUT2D eigenvalue weighted by Crippen LogP contribution is -2.39. The van der Waals surface area contributed by atoms with E-state index < -0.39 is 5.91 Å². The fourth-order valence-electron chi connectivity index (χ4n) is 1.50. The molecule has 1 aromatic rings. The molecule has 0 bridgehead atoms. The van der Waals surface area contributed by atoms with E-state index >= 15 is 0 Å². The van der Waals surface area contributed by atoms with Crippen molar-refractivity contribution >= 4 is 11.8 Å². The molecule has 0 aliphatic rings. The molecule has 0 unspecified atom stereocenters. The van der Waals surface area contributed by atoms with Crippen molar-refractivity contribution in [1.29, 1.82) is 0 Å². The number of hydrogen-bond acceptors (Lipinski definition) is 4. The van der Waals surface area contributed by atoms with Crippen LogP contribution in [-0.2, 0) is 9.53 Å². The number of nitrogens with one attached hydrogen (secondary N) is 1. The highest BCUT2D eigenvalue weighted by Crippen LogP contribution is 2.16. The zero-order valence-corrected chi connectivity index (χ0v) is 11.0. The van der Waals surface area contributed by atoms with Crippen LogP contribution >= 0.6 is 0 Å². The number of benzene rings is 1. The van der Waals surface area contributed by atoms with Gasteiger partial charge in [0.05, 0.1) is 18.7 Å². The van der Waals surface area contributed by atoms with E-state index in [0.717, 1.165) is 0 Å². The molecule has 0 spiro atoms. The number of hydrogen-bond donors (Lipinski definition) is 2. The first-order valence-electron chi connectivity index (χ1n) is 5.85. The smallest absolute Gasteiger partial charge is 0.257 e. The molecule has 0 saturated heterocycles. The number of phenols is 1. The minimum atomic E-state index is -0.403. The van der Waals surface area contributed by atoms with Gasteiger partial charge in [-0.3, -0.25) is 9.59 Å². The molecule has 0 fully saturated rings. The van der Waals surface area contributed by atoms with Crippen LogP contribution in [0, 0.1) is 0 Å². The standard InChI is InChI=1S/C13H18N2O4/c1-15(9-12(17)14-7-8-19-2)13(18)10-5-3-4-6-11(10)16/h3-6,16H,7-9H2,1-2H3,(H,14,17). The molecule has 0 heterocycles. The van der Waals surface area contributed by atoms with Crippen molar-refractivity contribution in [2.75, 3.05) is 33.9 Å². The fourth-order valence-corrected chi connectivity index (χ4v) is 1.50. The highest BCUT2D eigenvalue weighted by molar-refractivity contribution is 5.98. The van der Waals surface area contributed by atoms with Crippen LogP contribution in [0.5, 0.6) is 5.75 Å². The summed E-state index contributed by atoms with van der Waals surface area (Å²) < 4.78 is 4.80. The lowest BCUT2D eigenvalue weighted by atomic mass is 10.2. The highest BCUT2D eigenvalue weighted by atomic mass is 16.5. The number of phenolic OH excluding ortho intramolecular Hbond substituents is 1. The average molecular weight is 266 g/mol. The first-order chi connectivity index (χ1) is 9.06. The summed E-state index contributed by atoms with van der Waals surface area (Å²) in [5.74, 6) is -0.776. The van der Waals surface area contributed by atoms with Crippen molar-refractivity contribution in [2.24, 2.45) is 0 Å². The maximum Gasteiger partial charge on any atom is 0.257 e. The van der Waals surface area contributed by atoms with Crippen molar-refractivity contribution in [3.05, 3.63) is 29.8 Å². The molecule has 0 saturated carbocycles. The molecule has 1 rings (SSSR count). The van der Waals surface area contributed by atoms with Gasteiger partial charge in [0, 0.05) is 20.7 Å². The monoisotopic (exact) mass is 266 g/mol. The Hall–Kier alpha value is -2.08. The minimum absolute atomic E-state index is 0.0725. The third-order valence-corrected chi connectivity index (χ3v) is 2.49. The summed E-state index contributed by atoms with van der Waals surface area (Å²) in [6.45, 7) is 0.744. The number of nitrogens with zero attached hydrogens (tertiary/aromatic N) is 1. The van der Waals surface area contributed by atoms with E-state index in [1.54, 1.807) is 19.2 Å². The largest absolute Gasteiger partial charge is 0.507 e. The number of aromatic hydroxyl groups is 1. The van der Waals surface area contributed by atoms with Gasteiger partial charge in [0.1, 0.15) is 5.75 Å². The second kappa shape index (κ2) is 7.38. The molecule has 0 aliphatic carbocycles. The van der Waals surface area contributed by atoms with Gasteiger partial charge in [-0.2, -0.15) is 0 Å². The molecule has 104 valence electrons. The Morgan fingerprint density at radius 3 is 2.68 bits per heavy atom. The molecular weight excluding hydrogens is 248 g/mol. The molecule has 6 nitrogen and oxygen atoms in total. The van der Waals surface area contributed by atoms with E-state index in [2.05, 4.69) is 5.32 Å². The minimum Gasteiger partial charge on any atom is -0.507 e. The van der Waals surface area contributed by atoms with Gasteiger partial charge >= 0.3 is 0 Å². The van der Waals surface area contributed by atoms with Gasteiger partial charge in [-0.1, -0.05) is 12.1 Å². The van der Waals surface area contributed by atoms with Gasteiger partial charge in [0.25, 0.3) is 5.91 Å². The first-order valence-corrected chi connectivity index (χ1v) is 5.85. The number of para-hydroxylation sites is 1. The Morgan fingerprint density at radius 1 is 1.37 bits per heavy atom. The van der Waals surface area contributed by atoms with Gasteiger partial charge in [0.15, 0.2) is 0 Å². The number of carbonyl (C=O) groups is 2. The van der Waals surface area contributed by atoms with Gasteiger partial charge < -0.3 is 20.1 Å². The van der Waals surface area contributed by atoms with Crippen LogP contribution < -0.4 is 5.32 Å². The summed E-state index contributed by atoms with van der Waals surface area (Å²) in [5.41, 5.74) is 0.176. The highest BCUT2D eigenvalue weighted by Gasteiger charge is 2.17. The lowest BCUT2D eigenvalue weighted by molar-refractivity contribution is -0.121. The van der Waals surface area contributed by atoms with Crippen molar-refractivity contribution in [3.63, 3.8) is 0 Å². The van der Waals surface area contributed by atoms with Crippen LogP contribution in [0.15, 0.2) is 24.3 Å². The third-order valence-electron chi connectivity index (χ3n) is 2.49. The molecule has 19 heavy (non-hydrogen) atoms. The number of rotatable bonds is 6. The van der Waals surface area contributed by atoms with E-state index in [1.165, 1.54) is 24.1 Å². The van der Waals surface area contributed by atoms with Crippen molar-refractivity contribution in [3.8, 4) is 5.75 Å². The van der Waals surface area contributed by atoms with E-state index in [-0.39, 0.29) is 23.8 Å². The summed E-state index contributed by atoms with van der Waals surface area (Å²) in [7, 11) is 3.05. The first kappa shape index (κ1) is 15.0. The predicted molar refractivity (Wildman–Crippen MR) is 70.0 cm³/mol. The number of methoxy groups -OCH3 is 1. The number of ether oxygens (including phenoxy) is 1. The molecule has 0 aromatic heterocycles. The van der Waals surface area contributed by atoms with E-state index in [0.29, 0.717) is 13.2 Å². The molecule has 0 atom stereocenters. The Bertz CT molecular complexity index is 448. The zero-order valence-electron chi connectivity index (χ0n) is 11.0. The van der Waals surface area contributed by atoms with Crippen LogP contribution in [-0.4, -0.2) is 55.7 Å². The van der Waals surface area contributed by atoms with E-state index in [4.69, 9.17) is 4.74 Å². The summed E-state index contributed by atoms with van der Waals surface area (Å²) >= 11 is 0. The quantitative estimate of drug-likeness (QED) is 0.722. The van der Waals surface area contributed by atoms with Crippen molar-refractivity contribution < 1.29 is 19.4 Å². The second-order valence-corrected chi connectivity index (χ2v) is 4.02. The third kappa shape index (κ3) is 4.59. The van der Waals surface area contributed by atoms with Gasteiger partial charge in [-0.05, 0) is 12.1 Å². The SMILES string of the molecule is COCCNC(=O)CN(C)C(=O)c1ccccc1O. The Labute approximate surface area is 112 Å². The molecule has 6 heteroatoms. The maximum absolute atomic E-state index is 12.0. The van der Waals surface area contributed by atoms with Gasteiger partial charge in [-0.15, -0.1) is 0 Å². The van der Waals surface area contributed by atoms with Crippen LogP contribution in [0.2, 0.25) is 0 Å². The summed E-state index contributed by atoms with van der Waals surface area (Å²) in [4.78, 5) is 24.8. The van der Waals surface area contributed by atoms with Crippen LogP contribution in [0.1, 0.15) is 10.4 Å². The van der Waals surface area contributed by atoms with Gasteiger partial charge in [0.2, 0.25) is 5.91 Å². The Kier molecular flexibility index (Phi) is 5.81. The number of likely N-dealkylation sites (N-methyl/N-ethyl adjacent to an activating group) is 1. The van der Waals surface area contributed by atoms with Crippen LogP contribution in [0.4, 0.5) is 0 Å². The Balaban J connectivity index is 2.54. The van der Waals surface area contributed by atoms with E-state index in [9.17, 15) is 14.7 Å².